The van der Waals surface area contributed by atoms with Crippen LogP contribution in [0.4, 0.5) is 0 Å². The molecule has 0 aliphatic carbocycles. The van der Waals surface area contributed by atoms with Crippen LogP contribution in [0.5, 0.6) is 5.75 Å². The van der Waals surface area contributed by atoms with E-state index in [2.05, 4.69) is 10.5 Å². The van der Waals surface area contributed by atoms with Crippen LogP contribution >= 0.6 is 23.2 Å². The number of carbonyl (C=O) groups is 2. The standard InChI is InChI=1S/C16H12Cl2N2O4/c17-11-5-6-12(13(18)7-11)16(23)20-19-8-10-3-1-2-4-14(10)24-9-15(21)22/h1-8H,9H2,(H,20,23)(H,21,22)/b19-8-. The molecule has 0 unspecified atom stereocenters. The van der Waals surface area contributed by atoms with E-state index in [-0.39, 0.29) is 10.6 Å². The highest BCUT2D eigenvalue weighted by molar-refractivity contribution is 6.36. The van der Waals surface area contributed by atoms with Crippen LogP contribution in [0.3, 0.4) is 0 Å². The lowest BCUT2D eigenvalue weighted by atomic mass is 10.2. The van der Waals surface area contributed by atoms with Gasteiger partial charge in [0.2, 0.25) is 0 Å². The molecular weight excluding hydrogens is 355 g/mol. The van der Waals surface area contributed by atoms with Crippen molar-refractivity contribution in [3.63, 3.8) is 0 Å². The number of para-hydroxylation sites is 1. The Morgan fingerprint density at radius 2 is 1.96 bits per heavy atom. The molecule has 0 aromatic heterocycles. The number of benzene rings is 2. The van der Waals surface area contributed by atoms with E-state index in [0.717, 1.165) is 0 Å². The number of hydrogen-bond acceptors (Lipinski definition) is 4. The summed E-state index contributed by atoms with van der Waals surface area (Å²) in [6.45, 7) is -0.475. The average molecular weight is 367 g/mol. The normalized spacial score (nSPS) is 10.6. The number of hydrogen-bond donors (Lipinski definition) is 2. The highest BCUT2D eigenvalue weighted by Crippen LogP contribution is 2.21. The number of carboxylic acids is 1. The second-order valence-electron chi connectivity index (χ2n) is 4.54. The Morgan fingerprint density at radius 1 is 1.21 bits per heavy atom. The first kappa shape index (κ1) is 17.8. The lowest BCUT2D eigenvalue weighted by molar-refractivity contribution is -0.139. The maximum atomic E-state index is 12.0. The summed E-state index contributed by atoms with van der Waals surface area (Å²) in [6.07, 6.45) is 1.35. The van der Waals surface area contributed by atoms with Crippen molar-refractivity contribution in [3.05, 3.63) is 63.6 Å². The van der Waals surface area contributed by atoms with E-state index in [0.29, 0.717) is 16.3 Å². The molecule has 0 saturated carbocycles. The molecule has 8 heteroatoms. The Kier molecular flexibility index (Phi) is 6.17. The van der Waals surface area contributed by atoms with Crippen molar-refractivity contribution in [3.8, 4) is 5.75 Å². The summed E-state index contributed by atoms with van der Waals surface area (Å²) < 4.78 is 5.13. The van der Waals surface area contributed by atoms with Gasteiger partial charge in [0, 0.05) is 10.6 Å². The first-order chi connectivity index (χ1) is 11.5. The van der Waals surface area contributed by atoms with Gasteiger partial charge in [0.05, 0.1) is 16.8 Å². The molecule has 2 N–H and O–H groups in total. The predicted octanol–water partition coefficient (Wildman–Crippen LogP) is 3.22. The summed E-state index contributed by atoms with van der Waals surface area (Å²) in [5.41, 5.74) is 3.08. The van der Waals surface area contributed by atoms with Gasteiger partial charge >= 0.3 is 5.97 Å². The van der Waals surface area contributed by atoms with Gasteiger partial charge in [-0.25, -0.2) is 10.2 Å². The van der Waals surface area contributed by atoms with Crippen LogP contribution in [0.2, 0.25) is 10.0 Å². The predicted molar refractivity (Wildman–Crippen MR) is 91.1 cm³/mol. The fourth-order valence-electron chi connectivity index (χ4n) is 1.75. The Balaban J connectivity index is 2.06. The lowest BCUT2D eigenvalue weighted by Gasteiger charge is -2.06. The van der Waals surface area contributed by atoms with Crippen LogP contribution in [0, 0.1) is 0 Å². The van der Waals surface area contributed by atoms with Crippen LogP contribution in [0.1, 0.15) is 15.9 Å². The van der Waals surface area contributed by atoms with Crippen molar-refractivity contribution in [1.29, 1.82) is 0 Å². The smallest absolute Gasteiger partial charge is 0.341 e. The highest BCUT2D eigenvalue weighted by Gasteiger charge is 2.10. The monoisotopic (exact) mass is 366 g/mol. The number of aliphatic carboxylic acids is 1. The van der Waals surface area contributed by atoms with Crippen LogP contribution in [0.25, 0.3) is 0 Å². The van der Waals surface area contributed by atoms with Crippen molar-refractivity contribution < 1.29 is 19.4 Å². The molecule has 1 amide bonds. The Hall–Kier alpha value is -2.57. The first-order valence-corrected chi connectivity index (χ1v) is 7.45. The molecule has 0 spiro atoms. The third-order valence-corrected chi connectivity index (χ3v) is 3.36. The maximum absolute atomic E-state index is 12.0. The molecule has 0 fully saturated rings. The van der Waals surface area contributed by atoms with Gasteiger partial charge in [0.1, 0.15) is 5.75 Å². The molecule has 2 aromatic carbocycles. The summed E-state index contributed by atoms with van der Waals surface area (Å²) in [6, 6.07) is 11.2. The molecular formula is C16H12Cl2N2O4. The van der Waals surface area contributed by atoms with Crippen molar-refractivity contribution >= 4 is 41.3 Å². The number of nitrogens with zero attached hydrogens (tertiary/aromatic N) is 1. The number of nitrogens with one attached hydrogen (secondary N) is 1. The first-order valence-electron chi connectivity index (χ1n) is 6.69. The maximum Gasteiger partial charge on any atom is 0.341 e. The van der Waals surface area contributed by atoms with Gasteiger partial charge in [0.15, 0.2) is 6.61 Å². The Morgan fingerprint density at radius 3 is 2.67 bits per heavy atom. The van der Waals surface area contributed by atoms with Gasteiger partial charge in [-0.05, 0) is 30.3 Å². The number of ether oxygens (including phenoxy) is 1. The van der Waals surface area contributed by atoms with E-state index in [9.17, 15) is 9.59 Å². The number of carboxylic acid groups (broad SMARTS) is 1. The van der Waals surface area contributed by atoms with E-state index in [1.54, 1.807) is 30.3 Å². The highest BCUT2D eigenvalue weighted by atomic mass is 35.5. The molecule has 0 atom stereocenters. The third kappa shape index (κ3) is 4.97. The molecule has 0 radical (unpaired) electrons. The molecule has 0 saturated heterocycles. The molecule has 0 bridgehead atoms. The largest absolute Gasteiger partial charge is 0.481 e. The van der Waals surface area contributed by atoms with E-state index in [1.807, 2.05) is 0 Å². The van der Waals surface area contributed by atoms with Crippen LogP contribution in [0.15, 0.2) is 47.6 Å². The van der Waals surface area contributed by atoms with Crippen molar-refractivity contribution in [2.45, 2.75) is 0 Å². The molecule has 124 valence electrons. The van der Waals surface area contributed by atoms with Crippen molar-refractivity contribution in [2.75, 3.05) is 6.61 Å². The minimum Gasteiger partial charge on any atom is -0.481 e. The van der Waals surface area contributed by atoms with Gasteiger partial charge < -0.3 is 9.84 Å². The van der Waals surface area contributed by atoms with Crippen LogP contribution in [-0.4, -0.2) is 29.8 Å². The number of carbonyl (C=O) groups excluding carboxylic acids is 1. The molecule has 24 heavy (non-hydrogen) atoms. The average Bonchev–Trinajstić information content (AvgIpc) is 2.53. The minimum atomic E-state index is -1.09. The summed E-state index contributed by atoms with van der Waals surface area (Å²) in [5.74, 6) is -1.26. The summed E-state index contributed by atoms with van der Waals surface area (Å²) in [4.78, 5) is 22.6. The SMILES string of the molecule is O=C(O)COc1ccccc1/C=N\NC(=O)c1ccc(Cl)cc1Cl. The zero-order valence-electron chi connectivity index (χ0n) is 12.2. The Labute approximate surface area is 147 Å². The topological polar surface area (TPSA) is 88.0 Å². The van der Waals surface area contributed by atoms with E-state index < -0.39 is 18.5 Å². The molecule has 0 aliphatic heterocycles. The summed E-state index contributed by atoms with van der Waals surface area (Å²) >= 11 is 11.7. The zero-order chi connectivity index (χ0) is 17.5. The van der Waals surface area contributed by atoms with Gasteiger partial charge in [-0.15, -0.1) is 0 Å². The lowest BCUT2D eigenvalue weighted by Crippen LogP contribution is -2.18. The number of amides is 1. The van der Waals surface area contributed by atoms with Gasteiger partial charge in [-0.3, -0.25) is 4.79 Å². The Bertz CT molecular complexity index is 793. The molecule has 0 heterocycles. The molecule has 2 rings (SSSR count). The number of halogens is 2. The summed E-state index contributed by atoms with van der Waals surface area (Å²) in [7, 11) is 0. The number of rotatable bonds is 6. The van der Waals surface area contributed by atoms with E-state index in [1.165, 1.54) is 18.3 Å². The number of hydrazone groups is 1. The summed E-state index contributed by atoms with van der Waals surface area (Å²) in [5, 5.41) is 13.1. The van der Waals surface area contributed by atoms with E-state index in [4.69, 9.17) is 33.0 Å². The quantitative estimate of drug-likeness (QED) is 0.606. The van der Waals surface area contributed by atoms with Crippen molar-refractivity contribution in [2.24, 2.45) is 5.10 Å². The molecule has 2 aromatic rings. The van der Waals surface area contributed by atoms with Crippen LogP contribution < -0.4 is 10.2 Å². The van der Waals surface area contributed by atoms with Gasteiger partial charge in [-0.1, -0.05) is 35.3 Å². The zero-order valence-corrected chi connectivity index (χ0v) is 13.7. The van der Waals surface area contributed by atoms with Gasteiger partial charge in [-0.2, -0.15) is 5.10 Å². The molecule has 6 nitrogen and oxygen atoms in total. The second kappa shape index (κ2) is 8.33. The third-order valence-electron chi connectivity index (χ3n) is 2.82. The fraction of sp³-hybridized carbons (Fsp3) is 0.0625. The van der Waals surface area contributed by atoms with Crippen molar-refractivity contribution in [1.82, 2.24) is 5.43 Å². The minimum absolute atomic E-state index is 0.209. The van der Waals surface area contributed by atoms with Crippen LogP contribution in [-0.2, 0) is 4.79 Å². The fourth-order valence-corrected chi connectivity index (χ4v) is 2.25. The van der Waals surface area contributed by atoms with E-state index >= 15 is 0 Å². The second-order valence-corrected chi connectivity index (χ2v) is 5.39. The molecule has 0 aliphatic rings. The van der Waals surface area contributed by atoms with Gasteiger partial charge in [0.25, 0.3) is 5.91 Å².